The van der Waals surface area contributed by atoms with Gasteiger partial charge >= 0.3 is 6.18 Å². The Morgan fingerprint density at radius 2 is 1.88 bits per heavy atom. The number of nitrogens with zero attached hydrogens (tertiary/aromatic N) is 3. The van der Waals surface area contributed by atoms with Crippen LogP contribution in [0.25, 0.3) is 11.2 Å². The minimum Gasteiger partial charge on any atom is -0.368 e. The maximum absolute atomic E-state index is 12.6. The Morgan fingerprint density at radius 3 is 2.54 bits per heavy atom. The van der Waals surface area contributed by atoms with Crippen LogP contribution in [0, 0.1) is 0 Å². The van der Waals surface area contributed by atoms with E-state index in [1.807, 2.05) is 6.92 Å². The molecule has 0 fully saturated rings. The minimum absolute atomic E-state index is 0.257. The molecule has 2 aromatic heterocycles. The number of halogens is 3. The molecular formula is C15H15F3N6. The predicted molar refractivity (Wildman–Crippen MR) is 85.2 cm³/mol. The van der Waals surface area contributed by atoms with E-state index in [9.17, 15) is 13.2 Å². The second-order valence-corrected chi connectivity index (χ2v) is 5.12. The summed E-state index contributed by atoms with van der Waals surface area (Å²) in [6.45, 7) is 2.75. The summed E-state index contributed by atoms with van der Waals surface area (Å²) in [6, 6.07) is 4.68. The Morgan fingerprint density at radius 1 is 1.12 bits per heavy atom. The summed E-state index contributed by atoms with van der Waals surface area (Å²) >= 11 is 0. The Balaban J connectivity index is 1.86. The Labute approximate surface area is 135 Å². The number of aromatic nitrogens is 4. The number of rotatable bonds is 5. The molecule has 3 N–H and O–H groups in total. The van der Waals surface area contributed by atoms with E-state index in [2.05, 4.69) is 30.6 Å². The molecule has 9 heteroatoms. The van der Waals surface area contributed by atoms with E-state index in [0.717, 1.165) is 25.1 Å². The summed E-state index contributed by atoms with van der Waals surface area (Å²) in [6.07, 6.45) is -1.93. The van der Waals surface area contributed by atoms with Crippen molar-refractivity contribution in [3.05, 3.63) is 36.2 Å². The molecule has 0 bridgehead atoms. The third kappa shape index (κ3) is 3.39. The van der Waals surface area contributed by atoms with E-state index >= 15 is 0 Å². The lowest BCUT2D eigenvalue weighted by molar-refractivity contribution is -0.137. The Hall–Kier alpha value is -2.84. The molecule has 3 rings (SSSR count). The third-order valence-corrected chi connectivity index (χ3v) is 3.30. The van der Waals surface area contributed by atoms with E-state index < -0.39 is 11.7 Å². The molecule has 0 spiro atoms. The fourth-order valence-corrected chi connectivity index (χ4v) is 2.13. The van der Waals surface area contributed by atoms with Crippen molar-refractivity contribution in [2.75, 3.05) is 17.2 Å². The molecule has 0 aliphatic heterocycles. The monoisotopic (exact) mass is 336 g/mol. The highest BCUT2D eigenvalue weighted by Gasteiger charge is 2.29. The molecule has 0 saturated carbocycles. The number of benzene rings is 1. The number of hydrogen-bond acceptors (Lipinski definition) is 5. The second-order valence-electron chi connectivity index (χ2n) is 5.12. The number of imidazole rings is 1. The molecule has 1 aromatic carbocycles. The van der Waals surface area contributed by atoms with Gasteiger partial charge in [0.15, 0.2) is 11.5 Å². The molecular weight excluding hydrogens is 321 g/mol. The van der Waals surface area contributed by atoms with Crippen molar-refractivity contribution >= 4 is 28.6 Å². The van der Waals surface area contributed by atoms with Crippen LogP contribution < -0.4 is 10.6 Å². The second kappa shape index (κ2) is 6.34. The maximum atomic E-state index is 12.6. The van der Waals surface area contributed by atoms with Crippen molar-refractivity contribution in [2.45, 2.75) is 19.5 Å². The fraction of sp³-hybridized carbons (Fsp3) is 0.267. The fourth-order valence-electron chi connectivity index (χ4n) is 2.13. The van der Waals surface area contributed by atoms with E-state index in [4.69, 9.17) is 0 Å². The van der Waals surface area contributed by atoms with Gasteiger partial charge in [-0.2, -0.15) is 23.1 Å². The van der Waals surface area contributed by atoms with Crippen LogP contribution in [0.2, 0.25) is 0 Å². The van der Waals surface area contributed by atoms with Gasteiger partial charge in [0.25, 0.3) is 0 Å². The van der Waals surface area contributed by atoms with Gasteiger partial charge in [0.05, 0.1) is 11.9 Å². The zero-order valence-electron chi connectivity index (χ0n) is 12.8. The average Bonchev–Trinajstić information content (AvgIpc) is 3.01. The van der Waals surface area contributed by atoms with Crippen LogP contribution in [0.4, 0.5) is 30.6 Å². The first kappa shape index (κ1) is 16.0. The molecule has 0 saturated heterocycles. The van der Waals surface area contributed by atoms with Gasteiger partial charge in [-0.1, -0.05) is 6.92 Å². The van der Waals surface area contributed by atoms with Gasteiger partial charge in [0.2, 0.25) is 5.95 Å². The van der Waals surface area contributed by atoms with Crippen molar-refractivity contribution in [3.8, 4) is 0 Å². The molecule has 0 radical (unpaired) electrons. The summed E-state index contributed by atoms with van der Waals surface area (Å²) < 4.78 is 37.8. The molecule has 3 aromatic rings. The molecule has 0 amide bonds. The van der Waals surface area contributed by atoms with Crippen LogP contribution in [0.3, 0.4) is 0 Å². The van der Waals surface area contributed by atoms with Crippen LogP contribution in [0.1, 0.15) is 18.9 Å². The molecule has 0 aliphatic carbocycles. The van der Waals surface area contributed by atoms with Gasteiger partial charge in [-0.3, -0.25) is 0 Å². The van der Waals surface area contributed by atoms with Gasteiger partial charge in [0, 0.05) is 12.2 Å². The number of aromatic amines is 1. The first-order valence-electron chi connectivity index (χ1n) is 7.36. The summed E-state index contributed by atoms with van der Waals surface area (Å²) in [5.41, 5.74) is 0.904. The smallest absolute Gasteiger partial charge is 0.368 e. The lowest BCUT2D eigenvalue weighted by atomic mass is 10.2. The Kier molecular flexibility index (Phi) is 4.24. The number of anilines is 3. The number of H-pyrrole nitrogens is 1. The zero-order chi connectivity index (χ0) is 17.2. The van der Waals surface area contributed by atoms with Gasteiger partial charge in [0.1, 0.15) is 5.52 Å². The summed E-state index contributed by atoms with van der Waals surface area (Å²) in [5, 5.41) is 6.07. The van der Waals surface area contributed by atoms with E-state index in [1.54, 1.807) is 0 Å². The lowest BCUT2D eigenvalue weighted by Crippen LogP contribution is -2.07. The maximum Gasteiger partial charge on any atom is 0.416 e. The van der Waals surface area contributed by atoms with Crippen molar-refractivity contribution in [3.63, 3.8) is 0 Å². The third-order valence-electron chi connectivity index (χ3n) is 3.30. The quantitative estimate of drug-likeness (QED) is 0.658. The van der Waals surface area contributed by atoms with Crippen LogP contribution in [-0.2, 0) is 6.18 Å². The topological polar surface area (TPSA) is 78.5 Å². The van der Waals surface area contributed by atoms with Crippen molar-refractivity contribution in [1.29, 1.82) is 0 Å². The van der Waals surface area contributed by atoms with Gasteiger partial charge in [-0.05, 0) is 30.7 Å². The van der Waals surface area contributed by atoms with Gasteiger partial charge in [-0.15, -0.1) is 0 Å². The van der Waals surface area contributed by atoms with Crippen LogP contribution in [-0.4, -0.2) is 26.5 Å². The molecule has 24 heavy (non-hydrogen) atoms. The molecule has 0 aliphatic rings. The molecule has 2 heterocycles. The largest absolute Gasteiger partial charge is 0.416 e. The summed E-state index contributed by atoms with van der Waals surface area (Å²) in [7, 11) is 0. The first-order chi connectivity index (χ1) is 11.5. The SMILES string of the molecule is CCCNc1nc(Nc2ccc(C(F)(F)F)cc2)nc2nc[nH]c12. The normalized spacial score (nSPS) is 11.7. The Bertz CT molecular complexity index is 825. The lowest BCUT2D eigenvalue weighted by Gasteiger charge is -2.10. The standard InChI is InChI=1S/C15H15F3N6/c1-2-7-19-12-11-13(21-8-20-11)24-14(23-12)22-10-5-3-9(4-6-10)15(16,17)18/h3-6,8H,2,7H2,1H3,(H3,19,20,21,22,23,24). The van der Waals surface area contributed by atoms with Crippen LogP contribution in [0.5, 0.6) is 0 Å². The molecule has 6 nitrogen and oxygen atoms in total. The van der Waals surface area contributed by atoms with E-state index in [0.29, 0.717) is 22.7 Å². The minimum atomic E-state index is -4.36. The van der Waals surface area contributed by atoms with E-state index in [1.165, 1.54) is 18.5 Å². The highest BCUT2D eigenvalue weighted by Crippen LogP contribution is 2.30. The van der Waals surface area contributed by atoms with Crippen LogP contribution >= 0.6 is 0 Å². The van der Waals surface area contributed by atoms with Crippen LogP contribution in [0.15, 0.2) is 30.6 Å². The molecule has 0 atom stereocenters. The van der Waals surface area contributed by atoms with E-state index in [-0.39, 0.29) is 5.95 Å². The number of fused-ring (bicyclic) bond motifs is 1. The molecule has 126 valence electrons. The van der Waals surface area contributed by atoms with Gasteiger partial charge in [-0.25, -0.2) is 4.98 Å². The first-order valence-corrected chi connectivity index (χ1v) is 7.36. The number of alkyl halides is 3. The average molecular weight is 336 g/mol. The predicted octanol–water partition coefficient (Wildman–Crippen LogP) is 3.94. The summed E-state index contributed by atoms with van der Waals surface area (Å²) in [5.74, 6) is 0.849. The van der Waals surface area contributed by atoms with Crippen molar-refractivity contribution in [2.24, 2.45) is 0 Å². The van der Waals surface area contributed by atoms with Gasteiger partial charge < -0.3 is 15.6 Å². The zero-order valence-corrected chi connectivity index (χ0v) is 12.8. The highest BCUT2D eigenvalue weighted by molar-refractivity contribution is 5.84. The summed E-state index contributed by atoms with van der Waals surface area (Å²) in [4.78, 5) is 15.7. The van der Waals surface area contributed by atoms with Crippen molar-refractivity contribution < 1.29 is 13.2 Å². The molecule has 0 unspecified atom stereocenters. The highest BCUT2D eigenvalue weighted by atomic mass is 19.4. The van der Waals surface area contributed by atoms with Crippen molar-refractivity contribution in [1.82, 2.24) is 19.9 Å². The number of nitrogens with one attached hydrogen (secondary N) is 3. The number of hydrogen-bond donors (Lipinski definition) is 3.